The van der Waals surface area contributed by atoms with Crippen LogP contribution in [-0.4, -0.2) is 70.1 Å². The first-order valence-corrected chi connectivity index (χ1v) is 11.9. The highest BCUT2D eigenvalue weighted by Crippen LogP contribution is 2.25. The summed E-state index contributed by atoms with van der Waals surface area (Å²) >= 11 is 0. The van der Waals surface area contributed by atoms with Gasteiger partial charge in [0.05, 0.1) is 0 Å². The first kappa shape index (κ1) is 21.7. The van der Waals surface area contributed by atoms with Crippen LogP contribution >= 0.6 is 0 Å². The van der Waals surface area contributed by atoms with Crippen molar-refractivity contribution in [3.8, 4) is 0 Å². The number of pyridine rings is 1. The van der Waals surface area contributed by atoms with Gasteiger partial charge in [0.15, 0.2) is 5.58 Å². The lowest BCUT2D eigenvalue weighted by molar-refractivity contribution is 0.129. The normalized spacial score (nSPS) is 22.6. The number of carbonyl (C=O) groups excluding carboxylic acids is 1. The van der Waals surface area contributed by atoms with Crippen LogP contribution in [0, 0.1) is 0 Å². The number of aromatic nitrogens is 2. The molecule has 2 atom stereocenters. The van der Waals surface area contributed by atoms with E-state index in [1.54, 1.807) is 6.20 Å². The van der Waals surface area contributed by atoms with Crippen molar-refractivity contribution in [2.45, 2.75) is 51.4 Å². The standard InChI is InChI=1S/C25H32N6O2/c1-18-15-30(25-28-23-22(33-25)9-6-12-26-23)16-19(2)31(18)24(32)27-21-10-13-29(14-11-21)17-20-7-4-3-5-8-20/h3-9,12,18-19,21H,10-11,13-17H2,1-2H3,(H,27,32)/t18-,19+. The van der Waals surface area contributed by atoms with Crippen LogP contribution in [0.5, 0.6) is 0 Å². The Bertz CT molecular complexity index is 1030. The number of hydrogen-bond donors (Lipinski definition) is 1. The average Bonchev–Trinajstić information content (AvgIpc) is 3.25. The number of amides is 2. The highest BCUT2D eigenvalue weighted by atomic mass is 16.4. The molecule has 3 aromatic rings. The Labute approximate surface area is 194 Å². The van der Waals surface area contributed by atoms with Gasteiger partial charge in [0.2, 0.25) is 5.65 Å². The van der Waals surface area contributed by atoms with Crippen LogP contribution in [0.2, 0.25) is 0 Å². The van der Waals surface area contributed by atoms with Crippen LogP contribution in [0.15, 0.2) is 53.1 Å². The van der Waals surface area contributed by atoms with E-state index in [0.717, 1.165) is 32.5 Å². The molecule has 33 heavy (non-hydrogen) atoms. The number of nitrogens with one attached hydrogen (secondary N) is 1. The minimum absolute atomic E-state index is 0.0374. The fraction of sp³-hybridized carbons (Fsp3) is 0.480. The summed E-state index contributed by atoms with van der Waals surface area (Å²) in [5, 5.41) is 3.30. The number of urea groups is 1. The highest BCUT2D eigenvalue weighted by Gasteiger charge is 2.35. The quantitative estimate of drug-likeness (QED) is 0.658. The lowest BCUT2D eigenvalue weighted by Crippen LogP contribution is -2.62. The lowest BCUT2D eigenvalue weighted by atomic mass is 10.0. The summed E-state index contributed by atoms with van der Waals surface area (Å²) in [6, 6.07) is 15.2. The van der Waals surface area contributed by atoms with Crippen LogP contribution in [-0.2, 0) is 6.54 Å². The Hall–Kier alpha value is -3.13. The third kappa shape index (κ3) is 4.80. The molecule has 1 N–H and O–H groups in total. The second kappa shape index (κ2) is 9.39. The first-order chi connectivity index (χ1) is 16.1. The van der Waals surface area contributed by atoms with Crippen molar-refractivity contribution in [1.29, 1.82) is 0 Å². The number of benzene rings is 1. The molecule has 174 valence electrons. The number of rotatable bonds is 4. The maximum Gasteiger partial charge on any atom is 0.318 e. The van der Waals surface area contributed by atoms with Gasteiger partial charge in [0, 0.05) is 57.0 Å². The van der Waals surface area contributed by atoms with Crippen LogP contribution in [0.4, 0.5) is 10.8 Å². The van der Waals surface area contributed by atoms with Gasteiger partial charge in [-0.2, -0.15) is 4.98 Å². The second-order valence-electron chi connectivity index (χ2n) is 9.32. The summed E-state index contributed by atoms with van der Waals surface area (Å²) < 4.78 is 5.90. The van der Waals surface area contributed by atoms with Crippen LogP contribution < -0.4 is 10.2 Å². The molecule has 0 saturated carbocycles. The van der Waals surface area contributed by atoms with Gasteiger partial charge in [0.1, 0.15) is 0 Å². The molecule has 8 nitrogen and oxygen atoms in total. The smallest absolute Gasteiger partial charge is 0.318 e. The molecule has 1 aromatic carbocycles. The number of piperidine rings is 1. The molecule has 0 unspecified atom stereocenters. The molecule has 8 heteroatoms. The number of likely N-dealkylation sites (tertiary alicyclic amines) is 1. The summed E-state index contributed by atoms with van der Waals surface area (Å²) in [6.45, 7) is 8.52. The van der Waals surface area contributed by atoms with Gasteiger partial charge in [-0.1, -0.05) is 30.3 Å². The number of anilines is 1. The number of hydrogen-bond acceptors (Lipinski definition) is 6. The van der Waals surface area contributed by atoms with Crippen molar-refractivity contribution in [3.63, 3.8) is 0 Å². The number of fused-ring (bicyclic) bond motifs is 1. The summed E-state index contributed by atoms with van der Waals surface area (Å²) in [5.41, 5.74) is 2.65. The molecular weight excluding hydrogens is 416 g/mol. The number of nitrogens with zero attached hydrogens (tertiary/aromatic N) is 5. The topological polar surface area (TPSA) is 77.7 Å². The van der Waals surface area contributed by atoms with Gasteiger partial charge in [-0.15, -0.1) is 0 Å². The fourth-order valence-electron chi connectivity index (χ4n) is 5.10. The minimum atomic E-state index is 0.0374. The third-order valence-corrected chi connectivity index (χ3v) is 6.74. The SMILES string of the molecule is C[C@@H]1CN(c2nc3ncccc3o2)C[C@H](C)N1C(=O)NC1CCN(Cc2ccccc2)CC1. The van der Waals surface area contributed by atoms with Crippen molar-refractivity contribution in [3.05, 3.63) is 54.2 Å². The van der Waals surface area contributed by atoms with Crippen molar-refractivity contribution in [2.75, 3.05) is 31.1 Å². The van der Waals surface area contributed by atoms with Gasteiger partial charge in [-0.25, -0.2) is 9.78 Å². The van der Waals surface area contributed by atoms with Crippen LogP contribution in [0.3, 0.4) is 0 Å². The Balaban J connectivity index is 1.14. The zero-order valence-electron chi connectivity index (χ0n) is 19.4. The molecule has 0 aliphatic carbocycles. The zero-order chi connectivity index (χ0) is 22.8. The van der Waals surface area contributed by atoms with Crippen LogP contribution in [0.1, 0.15) is 32.3 Å². The molecule has 0 radical (unpaired) electrons. The van der Waals surface area contributed by atoms with Crippen molar-refractivity contribution in [2.24, 2.45) is 0 Å². The minimum Gasteiger partial charge on any atom is -0.422 e. The Morgan fingerprint density at radius 2 is 1.79 bits per heavy atom. The van der Waals surface area contributed by atoms with E-state index in [2.05, 4.69) is 69.3 Å². The number of piperazine rings is 1. The lowest BCUT2D eigenvalue weighted by Gasteiger charge is -2.44. The highest BCUT2D eigenvalue weighted by molar-refractivity contribution is 5.76. The van der Waals surface area contributed by atoms with Gasteiger partial charge < -0.3 is 19.5 Å². The van der Waals surface area contributed by atoms with Gasteiger partial charge in [-0.3, -0.25) is 4.90 Å². The maximum atomic E-state index is 13.2. The molecule has 0 bridgehead atoms. The van der Waals surface area contributed by atoms with Gasteiger partial charge in [-0.05, 0) is 44.4 Å². The monoisotopic (exact) mass is 448 g/mol. The number of oxazole rings is 1. The molecule has 2 saturated heterocycles. The number of carbonyl (C=O) groups is 1. The molecule has 2 aliphatic rings. The Morgan fingerprint density at radius 1 is 1.06 bits per heavy atom. The fourth-order valence-corrected chi connectivity index (χ4v) is 5.10. The predicted molar refractivity (Wildman–Crippen MR) is 128 cm³/mol. The average molecular weight is 449 g/mol. The van der Waals surface area contributed by atoms with E-state index in [9.17, 15) is 4.79 Å². The van der Waals surface area contributed by atoms with E-state index in [0.29, 0.717) is 30.3 Å². The maximum absolute atomic E-state index is 13.2. The Kier molecular flexibility index (Phi) is 6.17. The molecule has 2 fully saturated rings. The van der Waals surface area contributed by atoms with Crippen LogP contribution in [0.25, 0.3) is 11.2 Å². The van der Waals surface area contributed by atoms with Crippen molar-refractivity contribution in [1.82, 2.24) is 25.1 Å². The van der Waals surface area contributed by atoms with Gasteiger partial charge in [0.25, 0.3) is 6.01 Å². The molecule has 0 spiro atoms. The molecule has 2 amide bonds. The van der Waals surface area contributed by atoms with E-state index >= 15 is 0 Å². The molecule has 4 heterocycles. The van der Waals surface area contributed by atoms with E-state index in [4.69, 9.17) is 4.42 Å². The van der Waals surface area contributed by atoms with Crippen molar-refractivity contribution < 1.29 is 9.21 Å². The van der Waals surface area contributed by atoms with E-state index < -0.39 is 0 Å². The predicted octanol–water partition coefficient (Wildman–Crippen LogP) is 3.50. The summed E-state index contributed by atoms with van der Waals surface area (Å²) in [7, 11) is 0. The molecule has 5 rings (SSSR count). The summed E-state index contributed by atoms with van der Waals surface area (Å²) in [4.78, 5) is 28.5. The third-order valence-electron chi connectivity index (χ3n) is 6.74. The molecule has 2 aromatic heterocycles. The van der Waals surface area contributed by atoms with E-state index in [1.807, 2.05) is 17.0 Å². The summed E-state index contributed by atoms with van der Waals surface area (Å²) in [6.07, 6.45) is 3.68. The zero-order valence-corrected chi connectivity index (χ0v) is 19.4. The van der Waals surface area contributed by atoms with Gasteiger partial charge >= 0.3 is 6.03 Å². The first-order valence-electron chi connectivity index (χ1n) is 11.9. The molecular formula is C25H32N6O2. The van der Waals surface area contributed by atoms with E-state index in [1.165, 1.54) is 5.56 Å². The van der Waals surface area contributed by atoms with E-state index in [-0.39, 0.29) is 24.2 Å². The molecule has 2 aliphatic heterocycles. The summed E-state index contributed by atoms with van der Waals surface area (Å²) in [5.74, 6) is 0. The Morgan fingerprint density at radius 3 is 2.48 bits per heavy atom. The largest absolute Gasteiger partial charge is 0.422 e. The van der Waals surface area contributed by atoms with Crippen molar-refractivity contribution >= 4 is 23.3 Å². The second-order valence-corrected chi connectivity index (χ2v) is 9.32.